The van der Waals surface area contributed by atoms with E-state index < -0.39 is 28.6 Å². The molecule has 0 aliphatic heterocycles. The molecule has 1 unspecified atom stereocenters. The molecule has 1 amide bonds. The van der Waals surface area contributed by atoms with E-state index in [1.54, 1.807) is 38.1 Å². The zero-order chi connectivity index (χ0) is 20.7. The molecule has 7 nitrogen and oxygen atoms in total. The van der Waals surface area contributed by atoms with Crippen LogP contribution in [0.1, 0.15) is 40.1 Å². The van der Waals surface area contributed by atoms with Crippen molar-refractivity contribution in [1.29, 1.82) is 0 Å². The quantitative estimate of drug-likeness (QED) is 0.656. The van der Waals surface area contributed by atoms with Crippen molar-refractivity contribution in [2.75, 3.05) is 11.1 Å². The highest BCUT2D eigenvalue weighted by atomic mass is 32.2. The minimum atomic E-state index is -1.49. The molecule has 0 saturated carbocycles. The van der Waals surface area contributed by atoms with Crippen LogP contribution in [0.2, 0.25) is 0 Å². The second kappa shape index (κ2) is 9.80. The molecule has 2 aromatic carbocycles. The summed E-state index contributed by atoms with van der Waals surface area (Å²) in [7, 11) is -1.49. The van der Waals surface area contributed by atoms with Crippen LogP contribution < -0.4 is 5.32 Å². The molecule has 0 radical (unpaired) electrons. The average Bonchev–Trinajstić information content (AvgIpc) is 2.61. The number of carboxylic acid groups (broad SMARTS) is 1. The Morgan fingerprint density at radius 1 is 1.07 bits per heavy atom. The van der Waals surface area contributed by atoms with Crippen molar-refractivity contribution in [3.8, 4) is 0 Å². The Labute approximate surface area is 165 Å². The minimum Gasteiger partial charge on any atom is -0.478 e. The van der Waals surface area contributed by atoms with E-state index in [0.717, 1.165) is 0 Å². The van der Waals surface area contributed by atoms with Crippen LogP contribution in [0.5, 0.6) is 0 Å². The predicted molar refractivity (Wildman–Crippen MR) is 106 cm³/mol. The first-order valence-corrected chi connectivity index (χ1v) is 10.0. The molecule has 0 fully saturated rings. The molecular weight excluding hydrogens is 382 g/mol. The molecule has 1 atom stereocenters. The Bertz CT molecular complexity index is 892. The number of ether oxygens (including phenoxy) is 1. The number of hydrogen-bond acceptors (Lipinski definition) is 5. The fourth-order valence-electron chi connectivity index (χ4n) is 2.35. The van der Waals surface area contributed by atoms with Gasteiger partial charge in [0.05, 0.1) is 17.2 Å². The van der Waals surface area contributed by atoms with Gasteiger partial charge < -0.3 is 15.2 Å². The summed E-state index contributed by atoms with van der Waals surface area (Å²) in [6.45, 7) is 3.51. The summed E-state index contributed by atoms with van der Waals surface area (Å²) in [6, 6.07) is 12.3. The summed E-state index contributed by atoms with van der Waals surface area (Å²) in [4.78, 5) is 34.8. The highest BCUT2D eigenvalue weighted by Gasteiger charge is 2.12. The zero-order valence-corrected chi connectivity index (χ0v) is 16.3. The van der Waals surface area contributed by atoms with E-state index in [1.807, 2.05) is 0 Å². The zero-order valence-electron chi connectivity index (χ0n) is 15.5. The lowest BCUT2D eigenvalue weighted by Gasteiger charge is -2.09. The van der Waals surface area contributed by atoms with Crippen molar-refractivity contribution in [2.45, 2.75) is 25.7 Å². The Balaban J connectivity index is 1.89. The van der Waals surface area contributed by atoms with Gasteiger partial charge in [0, 0.05) is 22.2 Å². The van der Waals surface area contributed by atoms with Crippen LogP contribution in [0, 0.1) is 0 Å². The Morgan fingerprint density at radius 3 is 2.36 bits per heavy atom. The van der Waals surface area contributed by atoms with Crippen molar-refractivity contribution in [3.63, 3.8) is 0 Å². The molecule has 0 bridgehead atoms. The average molecular weight is 403 g/mol. The van der Waals surface area contributed by atoms with E-state index in [-0.39, 0.29) is 23.2 Å². The van der Waals surface area contributed by atoms with Gasteiger partial charge in [0.15, 0.2) is 0 Å². The van der Waals surface area contributed by atoms with Gasteiger partial charge in [0.2, 0.25) is 5.91 Å². The van der Waals surface area contributed by atoms with Crippen molar-refractivity contribution in [1.82, 2.24) is 0 Å². The molecule has 2 aromatic rings. The molecule has 0 spiro atoms. The first-order valence-electron chi connectivity index (χ1n) is 8.52. The number of carbonyl (C=O) groups is 3. The summed E-state index contributed by atoms with van der Waals surface area (Å²) in [5.74, 6) is -2.10. The van der Waals surface area contributed by atoms with Crippen molar-refractivity contribution in [3.05, 3.63) is 65.2 Å². The number of rotatable bonds is 8. The van der Waals surface area contributed by atoms with Crippen LogP contribution in [-0.2, 0) is 26.1 Å². The molecule has 0 aliphatic carbocycles. The maximum absolute atomic E-state index is 12.2. The Morgan fingerprint density at radius 2 is 1.75 bits per heavy atom. The highest BCUT2D eigenvalue weighted by Crippen LogP contribution is 2.12. The van der Waals surface area contributed by atoms with Gasteiger partial charge in [-0.2, -0.15) is 0 Å². The fraction of sp³-hybridized carbons (Fsp3) is 0.250. The third-order valence-corrected chi connectivity index (χ3v) is 4.78. The summed E-state index contributed by atoms with van der Waals surface area (Å²) in [5.41, 5.74) is 1.53. The van der Waals surface area contributed by atoms with Crippen LogP contribution in [0.4, 0.5) is 5.69 Å². The fourth-order valence-corrected chi connectivity index (χ4v) is 3.36. The summed E-state index contributed by atoms with van der Waals surface area (Å²) < 4.78 is 17.3. The molecule has 28 heavy (non-hydrogen) atoms. The number of anilines is 1. The first-order chi connectivity index (χ1) is 13.2. The molecule has 2 N–H and O–H groups in total. The Hall–Kier alpha value is -3.00. The van der Waals surface area contributed by atoms with Gasteiger partial charge in [0.25, 0.3) is 0 Å². The van der Waals surface area contributed by atoms with Gasteiger partial charge in [-0.1, -0.05) is 12.1 Å². The summed E-state index contributed by atoms with van der Waals surface area (Å²) >= 11 is 0. The third kappa shape index (κ3) is 6.62. The molecule has 2 rings (SSSR count). The van der Waals surface area contributed by atoms with Gasteiger partial charge in [-0.3, -0.25) is 9.00 Å². The molecule has 0 saturated heterocycles. The number of carbonyl (C=O) groups excluding carboxylic acids is 2. The number of carboxylic acids is 1. The smallest absolute Gasteiger partial charge is 0.338 e. The maximum atomic E-state index is 12.2. The van der Waals surface area contributed by atoms with Crippen LogP contribution >= 0.6 is 0 Å². The van der Waals surface area contributed by atoms with E-state index in [9.17, 15) is 18.6 Å². The minimum absolute atomic E-state index is 0.0779. The molecular formula is C20H21NO6S. The lowest BCUT2D eigenvalue weighted by molar-refractivity contribution is -0.113. The van der Waals surface area contributed by atoms with Crippen molar-refractivity contribution < 1.29 is 28.4 Å². The van der Waals surface area contributed by atoms with Crippen LogP contribution in [0.3, 0.4) is 0 Å². The molecule has 0 heterocycles. The van der Waals surface area contributed by atoms with Crippen molar-refractivity contribution >= 4 is 34.3 Å². The van der Waals surface area contributed by atoms with Crippen LogP contribution in [0.15, 0.2) is 48.5 Å². The van der Waals surface area contributed by atoms with Gasteiger partial charge in [-0.15, -0.1) is 0 Å². The van der Waals surface area contributed by atoms with E-state index in [2.05, 4.69) is 5.32 Å². The maximum Gasteiger partial charge on any atom is 0.338 e. The highest BCUT2D eigenvalue weighted by molar-refractivity contribution is 7.84. The number of benzene rings is 2. The largest absolute Gasteiger partial charge is 0.478 e. The number of hydrogen-bond donors (Lipinski definition) is 2. The second-order valence-corrected chi connectivity index (χ2v) is 7.77. The van der Waals surface area contributed by atoms with E-state index in [4.69, 9.17) is 9.84 Å². The SMILES string of the molecule is CC(C)OC(=O)c1ccc(NC(=O)CS(=O)Cc2cccc(C(=O)O)c2)cc1. The lowest BCUT2D eigenvalue weighted by Crippen LogP contribution is -2.20. The van der Waals surface area contributed by atoms with E-state index >= 15 is 0 Å². The predicted octanol–water partition coefficient (Wildman–Crippen LogP) is 2.84. The molecule has 0 aliphatic rings. The normalized spacial score (nSPS) is 11.7. The van der Waals surface area contributed by atoms with Gasteiger partial charge in [-0.25, -0.2) is 9.59 Å². The Kier molecular flexibility index (Phi) is 7.45. The number of amides is 1. The molecule has 148 valence electrons. The van der Waals surface area contributed by atoms with Crippen molar-refractivity contribution in [2.24, 2.45) is 0 Å². The number of nitrogens with one attached hydrogen (secondary N) is 1. The van der Waals surface area contributed by atoms with Gasteiger partial charge in [-0.05, 0) is 55.8 Å². The van der Waals surface area contributed by atoms with Crippen LogP contribution in [0.25, 0.3) is 0 Å². The van der Waals surface area contributed by atoms with E-state index in [1.165, 1.54) is 24.3 Å². The standard InChI is InChI=1S/C20H21NO6S/c1-13(2)27-20(25)15-6-8-17(9-7-15)21-18(22)12-28(26)11-14-4-3-5-16(10-14)19(23)24/h3-10,13H,11-12H2,1-2H3,(H,21,22)(H,23,24). The monoisotopic (exact) mass is 403 g/mol. The second-order valence-electron chi connectivity index (χ2n) is 6.31. The summed E-state index contributed by atoms with van der Waals surface area (Å²) in [5, 5.41) is 11.6. The van der Waals surface area contributed by atoms with E-state index in [0.29, 0.717) is 16.8 Å². The molecule has 0 aromatic heterocycles. The number of aromatic carboxylic acids is 1. The summed E-state index contributed by atoms with van der Waals surface area (Å²) in [6.07, 6.45) is -0.224. The lowest BCUT2D eigenvalue weighted by atomic mass is 10.1. The van der Waals surface area contributed by atoms with Gasteiger partial charge >= 0.3 is 11.9 Å². The topological polar surface area (TPSA) is 110 Å². The third-order valence-electron chi connectivity index (χ3n) is 3.54. The van der Waals surface area contributed by atoms with Gasteiger partial charge in [0.1, 0.15) is 5.75 Å². The first kappa shape index (κ1) is 21.3. The van der Waals surface area contributed by atoms with Crippen LogP contribution in [-0.4, -0.2) is 39.0 Å². The number of esters is 1. The molecule has 8 heteroatoms.